The van der Waals surface area contributed by atoms with Gasteiger partial charge in [0.1, 0.15) is 11.4 Å². The smallest absolute Gasteiger partial charge is 0.433 e. The highest BCUT2D eigenvalue weighted by molar-refractivity contribution is 6.33. The summed E-state index contributed by atoms with van der Waals surface area (Å²) in [4.78, 5) is 62.4. The summed E-state index contributed by atoms with van der Waals surface area (Å²) in [6.07, 6.45) is -2.98. The Labute approximate surface area is 323 Å². The van der Waals surface area contributed by atoms with E-state index in [1.54, 1.807) is 48.5 Å². The van der Waals surface area contributed by atoms with E-state index in [0.29, 0.717) is 28.5 Å². The fourth-order valence-corrected chi connectivity index (χ4v) is 9.54. The average Bonchev–Trinajstić information content (AvgIpc) is 3.53. The summed E-state index contributed by atoms with van der Waals surface area (Å²) in [6, 6.07) is 22.1. The standard InChI is InChI=1S/C40H32Cl2F3N5O5/c1-20-8-10-22(11-9-20)47-49-36(53)28-19-27-24(33(25-13-12-23(51)18-30(25)42)39(28,38(49)55)21-6-4-3-5-7-21)14-15-26-32(27)37(54)50(35(26)52)48(2)34-29(41)16-17-31(46-34)40(43,44)45/h3-14,16-18,26-28,32-33,47,51H,15,19H2,1-2H3/t26-,27+,28-,32-,33+,39+/m0/s1. The molecule has 1 saturated carbocycles. The second-order valence-electron chi connectivity index (χ2n) is 14.3. The van der Waals surface area contributed by atoms with Crippen LogP contribution in [0, 0.1) is 30.6 Å². The lowest BCUT2D eigenvalue weighted by atomic mass is 9.49. The van der Waals surface area contributed by atoms with Crippen LogP contribution in [0.3, 0.4) is 0 Å². The molecule has 3 fully saturated rings. The first-order chi connectivity index (χ1) is 26.1. The number of rotatable bonds is 6. The molecular formula is C40H32Cl2F3N5O5. The van der Waals surface area contributed by atoms with Crippen LogP contribution in [0.2, 0.25) is 10.0 Å². The highest BCUT2D eigenvalue weighted by atomic mass is 35.5. The maximum atomic E-state index is 15.2. The Morgan fingerprint density at radius 3 is 2.27 bits per heavy atom. The van der Waals surface area contributed by atoms with E-state index in [1.165, 1.54) is 19.2 Å². The van der Waals surface area contributed by atoms with Crippen molar-refractivity contribution in [2.24, 2.45) is 23.7 Å². The van der Waals surface area contributed by atoms with E-state index in [0.717, 1.165) is 26.7 Å². The molecular weight excluding hydrogens is 758 g/mol. The lowest BCUT2D eigenvalue weighted by Gasteiger charge is -2.50. The van der Waals surface area contributed by atoms with Crippen LogP contribution in [0.25, 0.3) is 0 Å². The molecule has 6 atom stereocenters. The number of phenolic OH excluding ortho intramolecular Hbond substituents is 1. The van der Waals surface area contributed by atoms with Gasteiger partial charge in [-0.05, 0) is 73.2 Å². The predicted octanol–water partition coefficient (Wildman–Crippen LogP) is 7.46. The number of carbonyl (C=O) groups excluding carboxylic acids is 4. The third kappa shape index (κ3) is 5.57. The number of nitrogens with zero attached hydrogens (tertiary/aromatic N) is 4. The van der Waals surface area contributed by atoms with Gasteiger partial charge in [-0.2, -0.15) is 23.2 Å². The number of aromatic hydroxyl groups is 1. The predicted molar refractivity (Wildman–Crippen MR) is 196 cm³/mol. The number of aryl methyl sites for hydroxylation is 1. The monoisotopic (exact) mass is 789 g/mol. The molecule has 3 aromatic carbocycles. The van der Waals surface area contributed by atoms with Crippen molar-refractivity contribution in [3.63, 3.8) is 0 Å². The third-order valence-corrected chi connectivity index (χ3v) is 12.0. The zero-order valence-corrected chi connectivity index (χ0v) is 30.7. The number of alkyl halides is 3. The SMILES string of the molecule is Cc1ccc(NN2C(=O)[C@@H]3C[C@@H]4C(=CC[C@@H]5C(=O)N(N(C)c6nc(C(F)(F)F)ccc6Cl)C(=O)[C@@H]54)[C@H](c4ccc(O)cc4Cl)[C@]3(c3ccccc3)C2=O)cc1. The van der Waals surface area contributed by atoms with Crippen LogP contribution in [0.4, 0.5) is 24.7 Å². The fraction of sp³-hybridized carbons (Fsp3) is 0.275. The van der Waals surface area contributed by atoms with Crippen LogP contribution in [0.1, 0.15) is 41.1 Å². The number of hydrogen-bond donors (Lipinski definition) is 2. The Kier molecular flexibility index (Phi) is 8.73. The van der Waals surface area contributed by atoms with E-state index in [1.807, 2.05) is 25.1 Å². The van der Waals surface area contributed by atoms with Gasteiger partial charge >= 0.3 is 6.18 Å². The number of benzene rings is 3. The topological polar surface area (TPSA) is 123 Å². The summed E-state index contributed by atoms with van der Waals surface area (Å²) in [7, 11) is 1.24. The lowest BCUT2D eigenvalue weighted by molar-refractivity contribution is -0.142. The maximum absolute atomic E-state index is 15.2. The maximum Gasteiger partial charge on any atom is 0.433 e. The minimum atomic E-state index is -4.82. The van der Waals surface area contributed by atoms with Gasteiger partial charge in [0.15, 0.2) is 5.82 Å². The molecule has 4 aromatic rings. The number of nitrogens with one attached hydrogen (secondary N) is 1. The number of phenols is 1. The van der Waals surface area contributed by atoms with Crippen molar-refractivity contribution in [2.45, 2.75) is 37.3 Å². The van der Waals surface area contributed by atoms with Crippen molar-refractivity contribution in [3.8, 4) is 5.75 Å². The van der Waals surface area contributed by atoms with E-state index in [4.69, 9.17) is 23.2 Å². The number of imide groups is 2. The van der Waals surface area contributed by atoms with Gasteiger partial charge in [-0.15, -0.1) is 0 Å². The molecule has 0 radical (unpaired) electrons. The Balaban J connectivity index is 1.28. The van der Waals surface area contributed by atoms with E-state index in [2.05, 4.69) is 10.4 Å². The van der Waals surface area contributed by atoms with Crippen molar-refractivity contribution in [1.82, 2.24) is 15.0 Å². The molecule has 2 saturated heterocycles. The quantitative estimate of drug-likeness (QED) is 0.153. The molecule has 0 bridgehead atoms. The summed E-state index contributed by atoms with van der Waals surface area (Å²) in [6.45, 7) is 1.91. The molecule has 8 rings (SSSR count). The number of fused-ring (bicyclic) bond motifs is 4. The molecule has 4 aliphatic rings. The summed E-state index contributed by atoms with van der Waals surface area (Å²) in [5.41, 5.74) is 3.18. The number of allylic oxidation sites excluding steroid dienone is 2. The second-order valence-corrected chi connectivity index (χ2v) is 15.1. The van der Waals surface area contributed by atoms with Crippen LogP contribution in [-0.4, -0.2) is 50.8 Å². The van der Waals surface area contributed by atoms with Crippen LogP contribution in [0.15, 0.2) is 96.6 Å². The van der Waals surface area contributed by atoms with Crippen molar-refractivity contribution in [1.29, 1.82) is 0 Å². The van der Waals surface area contributed by atoms with Gasteiger partial charge in [0, 0.05) is 18.0 Å². The molecule has 15 heteroatoms. The van der Waals surface area contributed by atoms with E-state index >= 15 is 4.79 Å². The number of pyridine rings is 1. The number of hydrogen-bond acceptors (Lipinski definition) is 8. The van der Waals surface area contributed by atoms with Crippen molar-refractivity contribution >= 4 is 58.3 Å². The number of amides is 4. The minimum absolute atomic E-state index is 0.0239. The van der Waals surface area contributed by atoms with Gasteiger partial charge < -0.3 is 5.11 Å². The molecule has 1 aromatic heterocycles. The fourth-order valence-electron chi connectivity index (χ4n) is 9.03. The van der Waals surface area contributed by atoms with Crippen LogP contribution >= 0.6 is 23.2 Å². The van der Waals surface area contributed by atoms with Gasteiger partial charge in [-0.25, -0.2) is 4.98 Å². The highest BCUT2D eigenvalue weighted by Gasteiger charge is 2.70. The molecule has 2 aliphatic carbocycles. The largest absolute Gasteiger partial charge is 0.508 e. The molecule has 4 amide bonds. The van der Waals surface area contributed by atoms with Crippen LogP contribution < -0.4 is 10.4 Å². The Morgan fingerprint density at radius 2 is 1.60 bits per heavy atom. The van der Waals surface area contributed by atoms with Crippen molar-refractivity contribution < 1.29 is 37.5 Å². The molecule has 55 heavy (non-hydrogen) atoms. The minimum Gasteiger partial charge on any atom is -0.508 e. The number of hydrazine groups is 2. The van der Waals surface area contributed by atoms with Gasteiger partial charge in [0.25, 0.3) is 23.6 Å². The third-order valence-electron chi connectivity index (χ3n) is 11.4. The Hall–Kier alpha value is -5.40. The van der Waals surface area contributed by atoms with E-state index in [-0.39, 0.29) is 28.6 Å². The zero-order chi connectivity index (χ0) is 39.1. The summed E-state index contributed by atoms with van der Waals surface area (Å²) in [5, 5.41) is 13.0. The number of anilines is 2. The van der Waals surface area contributed by atoms with Gasteiger partial charge in [-0.1, -0.05) is 88.9 Å². The van der Waals surface area contributed by atoms with Crippen molar-refractivity contribution in [3.05, 3.63) is 129 Å². The molecule has 3 heterocycles. The summed E-state index contributed by atoms with van der Waals surface area (Å²) >= 11 is 13.2. The average molecular weight is 791 g/mol. The number of carbonyl (C=O) groups is 4. The van der Waals surface area contributed by atoms with Gasteiger partial charge in [-0.3, -0.25) is 29.6 Å². The summed E-state index contributed by atoms with van der Waals surface area (Å²) in [5.74, 6) is -7.88. The summed E-state index contributed by atoms with van der Waals surface area (Å²) < 4.78 is 41.0. The molecule has 2 N–H and O–H groups in total. The Morgan fingerprint density at radius 1 is 0.891 bits per heavy atom. The normalized spacial score (nSPS) is 26.1. The van der Waals surface area contributed by atoms with Crippen molar-refractivity contribution in [2.75, 3.05) is 17.5 Å². The van der Waals surface area contributed by atoms with Crippen LogP contribution in [-0.2, 0) is 30.8 Å². The Bertz CT molecular complexity index is 2310. The van der Waals surface area contributed by atoms with Crippen LogP contribution in [0.5, 0.6) is 5.75 Å². The second kappa shape index (κ2) is 13.1. The molecule has 282 valence electrons. The first kappa shape index (κ1) is 36.6. The molecule has 0 spiro atoms. The number of halogens is 5. The molecule has 0 unspecified atom stereocenters. The van der Waals surface area contributed by atoms with Gasteiger partial charge in [0.2, 0.25) is 0 Å². The molecule has 2 aliphatic heterocycles. The first-order valence-electron chi connectivity index (χ1n) is 17.4. The zero-order valence-electron chi connectivity index (χ0n) is 29.2. The highest BCUT2D eigenvalue weighted by Crippen LogP contribution is 2.65. The van der Waals surface area contributed by atoms with E-state index < -0.39 is 76.3 Å². The van der Waals surface area contributed by atoms with Gasteiger partial charge in [0.05, 0.1) is 33.9 Å². The van der Waals surface area contributed by atoms with E-state index in [9.17, 15) is 32.7 Å². The number of aromatic nitrogens is 1. The lowest BCUT2D eigenvalue weighted by Crippen LogP contribution is -2.53. The molecule has 10 nitrogen and oxygen atoms in total. The first-order valence-corrected chi connectivity index (χ1v) is 18.2.